The summed E-state index contributed by atoms with van der Waals surface area (Å²) in [7, 11) is 0. The first-order valence-corrected chi connectivity index (χ1v) is 4.14. The third-order valence-electron chi connectivity index (χ3n) is 1.95. The summed E-state index contributed by atoms with van der Waals surface area (Å²) < 4.78 is 18.2. The lowest BCUT2D eigenvalue weighted by molar-refractivity contribution is 0.285. The van der Waals surface area contributed by atoms with Gasteiger partial charge in [-0.15, -0.1) is 0 Å². The largest absolute Gasteiger partial charge is 0.490 e. The van der Waals surface area contributed by atoms with Gasteiger partial charge in [-0.3, -0.25) is 0 Å². The summed E-state index contributed by atoms with van der Waals surface area (Å²) in [6.45, 7) is 0.654. The van der Waals surface area contributed by atoms with E-state index in [1.165, 1.54) is 18.9 Å². The third-order valence-corrected chi connectivity index (χ3v) is 1.95. The molecule has 1 aromatic rings. The zero-order valence-corrected chi connectivity index (χ0v) is 6.72. The molecule has 0 atom stereocenters. The van der Waals surface area contributed by atoms with Crippen LogP contribution in [0.1, 0.15) is 12.8 Å². The molecule has 1 aliphatic carbocycles. The van der Waals surface area contributed by atoms with Crippen LogP contribution in [0.2, 0.25) is 0 Å². The smallest absolute Gasteiger partial charge is 0.165 e. The van der Waals surface area contributed by atoms with Gasteiger partial charge in [0.05, 0.1) is 6.61 Å². The highest BCUT2D eigenvalue weighted by Crippen LogP contribution is 2.29. The Hall–Kier alpha value is -1.05. The molecule has 1 saturated carbocycles. The molecule has 63 valence electrons. The van der Waals surface area contributed by atoms with E-state index in [9.17, 15) is 4.39 Å². The number of rotatable bonds is 3. The van der Waals surface area contributed by atoms with Gasteiger partial charge in [0.15, 0.2) is 11.6 Å². The molecule has 0 heterocycles. The molecule has 1 aromatic carbocycles. The van der Waals surface area contributed by atoms with E-state index in [2.05, 4.69) is 6.07 Å². The Kier molecular flexibility index (Phi) is 1.98. The molecular formula is C10H10FO. The molecule has 0 amide bonds. The first-order chi connectivity index (χ1) is 5.86. The first-order valence-electron chi connectivity index (χ1n) is 4.14. The second kappa shape index (κ2) is 3.13. The normalized spacial score (nSPS) is 16.1. The summed E-state index contributed by atoms with van der Waals surface area (Å²) in [5, 5.41) is 0. The SMILES string of the molecule is Fc1c[c]ccc1OCC1CC1. The van der Waals surface area contributed by atoms with E-state index in [-0.39, 0.29) is 5.82 Å². The second-order valence-electron chi connectivity index (χ2n) is 3.11. The van der Waals surface area contributed by atoms with E-state index in [4.69, 9.17) is 4.74 Å². The van der Waals surface area contributed by atoms with Gasteiger partial charge in [-0.1, -0.05) is 6.07 Å². The van der Waals surface area contributed by atoms with Gasteiger partial charge >= 0.3 is 0 Å². The van der Waals surface area contributed by atoms with Crippen LogP contribution in [0.15, 0.2) is 18.2 Å². The van der Waals surface area contributed by atoms with Gasteiger partial charge in [0, 0.05) is 0 Å². The maximum absolute atomic E-state index is 12.9. The maximum Gasteiger partial charge on any atom is 0.165 e. The predicted octanol–water partition coefficient (Wildman–Crippen LogP) is 2.41. The van der Waals surface area contributed by atoms with Crippen LogP contribution < -0.4 is 4.74 Å². The highest BCUT2D eigenvalue weighted by atomic mass is 19.1. The van der Waals surface area contributed by atoms with E-state index in [0.717, 1.165) is 0 Å². The Bertz CT molecular complexity index is 268. The fourth-order valence-electron chi connectivity index (χ4n) is 1.01. The van der Waals surface area contributed by atoms with Crippen LogP contribution in [0.5, 0.6) is 5.75 Å². The third kappa shape index (κ3) is 1.76. The minimum Gasteiger partial charge on any atom is -0.490 e. The fourth-order valence-corrected chi connectivity index (χ4v) is 1.01. The molecule has 0 N–H and O–H groups in total. The van der Waals surface area contributed by atoms with Crippen molar-refractivity contribution in [2.75, 3.05) is 6.61 Å². The van der Waals surface area contributed by atoms with Gasteiger partial charge in [0.1, 0.15) is 0 Å². The molecule has 2 rings (SSSR count). The van der Waals surface area contributed by atoms with E-state index >= 15 is 0 Å². The van der Waals surface area contributed by atoms with Gasteiger partial charge < -0.3 is 4.74 Å². The van der Waals surface area contributed by atoms with Crippen molar-refractivity contribution in [1.82, 2.24) is 0 Å². The molecule has 0 bridgehead atoms. The van der Waals surface area contributed by atoms with Crippen LogP contribution in [0.4, 0.5) is 4.39 Å². The van der Waals surface area contributed by atoms with Crippen LogP contribution in [-0.4, -0.2) is 6.61 Å². The number of benzene rings is 1. The average molecular weight is 165 g/mol. The van der Waals surface area contributed by atoms with Crippen LogP contribution in [0, 0.1) is 17.8 Å². The van der Waals surface area contributed by atoms with E-state index < -0.39 is 0 Å². The lowest BCUT2D eigenvalue weighted by Crippen LogP contribution is -2.00. The topological polar surface area (TPSA) is 9.23 Å². The fraction of sp³-hybridized carbons (Fsp3) is 0.400. The molecule has 2 heteroatoms. The Labute approximate surface area is 71.2 Å². The molecule has 0 aromatic heterocycles. The van der Waals surface area contributed by atoms with Crippen molar-refractivity contribution in [2.24, 2.45) is 5.92 Å². The van der Waals surface area contributed by atoms with Gasteiger partial charge in [0.2, 0.25) is 0 Å². The van der Waals surface area contributed by atoms with Crippen LogP contribution in [0.3, 0.4) is 0 Å². The van der Waals surface area contributed by atoms with Gasteiger partial charge in [-0.05, 0) is 37.0 Å². The number of hydrogen-bond donors (Lipinski definition) is 0. The minimum atomic E-state index is -0.321. The van der Waals surface area contributed by atoms with Crippen LogP contribution in [0.25, 0.3) is 0 Å². The summed E-state index contributed by atoms with van der Waals surface area (Å²) >= 11 is 0. The molecule has 0 saturated heterocycles. The maximum atomic E-state index is 12.9. The molecule has 1 fully saturated rings. The molecule has 1 radical (unpaired) electrons. The summed E-state index contributed by atoms with van der Waals surface area (Å²) in [5.41, 5.74) is 0. The Balaban J connectivity index is 1.96. The molecule has 0 aliphatic heterocycles. The van der Waals surface area contributed by atoms with Gasteiger partial charge in [-0.25, -0.2) is 4.39 Å². The van der Waals surface area contributed by atoms with Crippen molar-refractivity contribution >= 4 is 0 Å². The highest BCUT2D eigenvalue weighted by molar-refractivity contribution is 5.22. The van der Waals surface area contributed by atoms with Crippen molar-refractivity contribution in [3.63, 3.8) is 0 Å². The zero-order chi connectivity index (χ0) is 8.39. The summed E-state index contributed by atoms with van der Waals surface area (Å²) in [6.07, 6.45) is 2.45. The quantitative estimate of drug-likeness (QED) is 0.668. The molecule has 0 unspecified atom stereocenters. The summed E-state index contributed by atoms with van der Waals surface area (Å²) in [5.74, 6) is 0.687. The van der Waals surface area contributed by atoms with Crippen molar-refractivity contribution in [3.8, 4) is 5.75 Å². The first kappa shape index (κ1) is 7.59. The molecule has 1 aliphatic rings. The van der Waals surface area contributed by atoms with E-state index in [1.807, 2.05) is 0 Å². The summed E-state index contributed by atoms with van der Waals surface area (Å²) in [6, 6.07) is 7.21. The summed E-state index contributed by atoms with van der Waals surface area (Å²) in [4.78, 5) is 0. The molecule has 1 nitrogen and oxygen atoms in total. The molecule has 0 spiro atoms. The minimum absolute atomic E-state index is 0.321. The van der Waals surface area contributed by atoms with E-state index in [1.54, 1.807) is 12.1 Å². The average Bonchev–Trinajstić information content (AvgIpc) is 2.86. The molecule has 12 heavy (non-hydrogen) atoms. The van der Waals surface area contributed by atoms with E-state index in [0.29, 0.717) is 18.3 Å². The predicted molar refractivity (Wildman–Crippen MR) is 43.5 cm³/mol. The monoisotopic (exact) mass is 165 g/mol. The standard InChI is InChI=1S/C10H10FO/c11-9-3-1-2-4-10(9)12-7-8-5-6-8/h2-4,8H,5-7H2. The van der Waals surface area contributed by atoms with Crippen molar-refractivity contribution in [3.05, 3.63) is 30.1 Å². The zero-order valence-electron chi connectivity index (χ0n) is 6.72. The van der Waals surface area contributed by atoms with Crippen molar-refractivity contribution in [1.29, 1.82) is 0 Å². The highest BCUT2D eigenvalue weighted by Gasteiger charge is 2.22. The lowest BCUT2D eigenvalue weighted by Gasteiger charge is -2.04. The Morgan fingerprint density at radius 1 is 1.58 bits per heavy atom. The molecular weight excluding hydrogens is 155 g/mol. The number of halogens is 1. The van der Waals surface area contributed by atoms with Crippen LogP contribution >= 0.6 is 0 Å². The van der Waals surface area contributed by atoms with Crippen LogP contribution in [-0.2, 0) is 0 Å². The number of ether oxygens (including phenoxy) is 1. The van der Waals surface area contributed by atoms with Crippen molar-refractivity contribution < 1.29 is 9.13 Å². The number of hydrogen-bond acceptors (Lipinski definition) is 1. The van der Waals surface area contributed by atoms with Gasteiger partial charge in [-0.2, -0.15) is 0 Å². The Morgan fingerprint density at radius 2 is 2.42 bits per heavy atom. The van der Waals surface area contributed by atoms with Gasteiger partial charge in [0.25, 0.3) is 0 Å². The second-order valence-corrected chi connectivity index (χ2v) is 3.11. The van der Waals surface area contributed by atoms with Crippen molar-refractivity contribution in [2.45, 2.75) is 12.8 Å². The lowest BCUT2D eigenvalue weighted by atomic mass is 10.3. The Morgan fingerprint density at radius 3 is 3.08 bits per heavy atom.